The Morgan fingerprint density at radius 1 is 1.05 bits per heavy atom. The number of aliphatic hydroxyl groups is 1. The van der Waals surface area contributed by atoms with E-state index in [1.54, 1.807) is 30.3 Å². The highest BCUT2D eigenvalue weighted by atomic mass is 32.1. The second-order valence-electron chi connectivity index (χ2n) is 10.2. The normalized spacial score (nSPS) is 19.7. The number of ketones is 1. The van der Waals surface area contributed by atoms with Crippen molar-refractivity contribution >= 4 is 44.1 Å². The molecule has 1 N–H and O–H groups in total. The van der Waals surface area contributed by atoms with E-state index in [1.807, 2.05) is 39.0 Å². The number of anilines is 1. The average Bonchev–Trinajstić information content (AvgIpc) is 3.60. The lowest BCUT2D eigenvalue weighted by atomic mass is 9.94. The zero-order valence-corrected chi connectivity index (χ0v) is 23.6. The van der Waals surface area contributed by atoms with Crippen molar-refractivity contribution in [2.24, 2.45) is 0 Å². The molecule has 0 saturated carbocycles. The third-order valence-corrected chi connectivity index (χ3v) is 8.36. The average molecular weight is 557 g/mol. The minimum absolute atomic E-state index is 0.0173. The lowest BCUT2D eigenvalue weighted by Crippen LogP contribution is -2.29. The summed E-state index contributed by atoms with van der Waals surface area (Å²) in [4.78, 5) is 33.5. The molecule has 40 heavy (non-hydrogen) atoms. The zero-order chi connectivity index (χ0) is 28.3. The van der Waals surface area contributed by atoms with Crippen LogP contribution in [0.3, 0.4) is 0 Å². The summed E-state index contributed by atoms with van der Waals surface area (Å²) in [6.07, 6.45) is 0.713. The van der Waals surface area contributed by atoms with Crippen molar-refractivity contribution in [3.8, 4) is 17.2 Å². The standard InChI is InChI=1S/C31H28N2O6S/c1-15-10-16(2)26-24(11-15)40-31(32-26)33-27(18-6-9-22(37-4)23(14-18)38-5)25(29(35)30(33)36)28(34)19-7-8-21-20(13-19)12-17(3)39-21/h6-11,13-14,17,27,34H,12H2,1-5H3/b28-25+/t17-,27+/m1/s1. The topological polar surface area (TPSA) is 98.2 Å². The minimum atomic E-state index is -0.940. The highest BCUT2D eigenvalue weighted by Gasteiger charge is 2.48. The van der Waals surface area contributed by atoms with Crippen LogP contribution in [0.5, 0.6) is 17.2 Å². The number of nitrogens with zero attached hydrogens (tertiary/aromatic N) is 2. The molecule has 1 amide bonds. The monoisotopic (exact) mass is 556 g/mol. The van der Waals surface area contributed by atoms with E-state index < -0.39 is 17.7 Å². The largest absolute Gasteiger partial charge is 0.507 e. The number of amides is 1. The number of thiazole rings is 1. The second kappa shape index (κ2) is 9.67. The number of carbonyl (C=O) groups excluding carboxylic acids is 2. The Morgan fingerprint density at radius 2 is 1.82 bits per heavy atom. The number of carbonyl (C=O) groups is 2. The van der Waals surface area contributed by atoms with Gasteiger partial charge in [0, 0.05) is 12.0 Å². The Bertz CT molecular complexity index is 1740. The van der Waals surface area contributed by atoms with Crippen LogP contribution in [0.4, 0.5) is 5.13 Å². The van der Waals surface area contributed by atoms with E-state index in [0.717, 1.165) is 32.7 Å². The van der Waals surface area contributed by atoms with Gasteiger partial charge in [-0.3, -0.25) is 14.5 Å². The smallest absolute Gasteiger partial charge is 0.301 e. The summed E-state index contributed by atoms with van der Waals surface area (Å²) in [7, 11) is 3.05. The predicted molar refractivity (Wildman–Crippen MR) is 154 cm³/mol. The number of benzene rings is 3. The fourth-order valence-corrected chi connectivity index (χ4v) is 6.72. The molecule has 0 spiro atoms. The Morgan fingerprint density at radius 3 is 2.58 bits per heavy atom. The molecule has 1 aromatic heterocycles. The number of methoxy groups -OCH3 is 2. The number of rotatable bonds is 5. The van der Waals surface area contributed by atoms with Crippen molar-refractivity contribution in [1.29, 1.82) is 0 Å². The summed E-state index contributed by atoms with van der Waals surface area (Å²) in [6, 6.07) is 13.6. The number of ether oxygens (including phenoxy) is 3. The van der Waals surface area contributed by atoms with Crippen molar-refractivity contribution < 1.29 is 28.9 Å². The quantitative estimate of drug-likeness (QED) is 0.186. The Balaban J connectivity index is 1.57. The van der Waals surface area contributed by atoms with Gasteiger partial charge in [0.1, 0.15) is 17.6 Å². The number of aromatic nitrogens is 1. The molecule has 0 radical (unpaired) electrons. The van der Waals surface area contributed by atoms with Crippen LogP contribution in [0, 0.1) is 13.8 Å². The lowest BCUT2D eigenvalue weighted by molar-refractivity contribution is -0.132. The van der Waals surface area contributed by atoms with E-state index in [2.05, 4.69) is 0 Å². The summed E-state index contributed by atoms with van der Waals surface area (Å²) in [5.74, 6) is -0.105. The molecular formula is C31H28N2O6S. The van der Waals surface area contributed by atoms with Gasteiger partial charge < -0.3 is 19.3 Å². The summed E-state index contributed by atoms with van der Waals surface area (Å²) in [6.45, 7) is 5.95. The van der Waals surface area contributed by atoms with E-state index in [9.17, 15) is 14.7 Å². The van der Waals surface area contributed by atoms with Crippen molar-refractivity contribution in [3.05, 3.63) is 81.9 Å². The van der Waals surface area contributed by atoms with Crippen LogP contribution in [-0.2, 0) is 16.0 Å². The maximum Gasteiger partial charge on any atom is 0.301 e. The zero-order valence-electron chi connectivity index (χ0n) is 22.8. The van der Waals surface area contributed by atoms with Gasteiger partial charge in [-0.15, -0.1) is 0 Å². The molecule has 0 unspecified atom stereocenters. The van der Waals surface area contributed by atoms with Crippen molar-refractivity contribution in [2.45, 2.75) is 39.3 Å². The molecule has 9 heteroatoms. The lowest BCUT2D eigenvalue weighted by Gasteiger charge is -2.23. The van der Waals surface area contributed by atoms with Crippen LogP contribution < -0.4 is 19.1 Å². The van der Waals surface area contributed by atoms with Crippen LogP contribution in [-0.4, -0.2) is 42.1 Å². The van der Waals surface area contributed by atoms with Gasteiger partial charge in [-0.25, -0.2) is 4.98 Å². The van der Waals surface area contributed by atoms with E-state index >= 15 is 0 Å². The van der Waals surface area contributed by atoms with Gasteiger partial charge in [0.05, 0.1) is 36.1 Å². The van der Waals surface area contributed by atoms with E-state index in [-0.39, 0.29) is 17.4 Å². The van der Waals surface area contributed by atoms with Gasteiger partial charge in [0.15, 0.2) is 16.6 Å². The van der Waals surface area contributed by atoms with Gasteiger partial charge in [-0.1, -0.05) is 23.5 Å². The first-order chi connectivity index (χ1) is 19.2. The molecule has 6 rings (SSSR count). The SMILES string of the molecule is COc1ccc([C@H]2/C(=C(\O)c3ccc4c(c3)C[C@@H](C)O4)C(=O)C(=O)N2c2nc3c(C)cc(C)cc3s2)cc1OC. The molecule has 8 nitrogen and oxygen atoms in total. The predicted octanol–water partition coefficient (Wildman–Crippen LogP) is 5.88. The minimum Gasteiger partial charge on any atom is -0.507 e. The molecule has 2 aliphatic rings. The van der Waals surface area contributed by atoms with Crippen LogP contribution in [0.2, 0.25) is 0 Å². The van der Waals surface area contributed by atoms with Crippen molar-refractivity contribution in [3.63, 3.8) is 0 Å². The van der Waals surface area contributed by atoms with E-state index in [4.69, 9.17) is 19.2 Å². The van der Waals surface area contributed by atoms with Gasteiger partial charge in [0.2, 0.25) is 0 Å². The molecule has 1 fully saturated rings. The highest BCUT2D eigenvalue weighted by molar-refractivity contribution is 7.22. The number of aliphatic hydroxyl groups excluding tert-OH is 1. The van der Waals surface area contributed by atoms with Crippen LogP contribution in [0.25, 0.3) is 16.0 Å². The molecule has 0 bridgehead atoms. The Hall–Kier alpha value is -4.37. The molecular weight excluding hydrogens is 528 g/mol. The third kappa shape index (κ3) is 4.08. The van der Waals surface area contributed by atoms with Gasteiger partial charge in [-0.2, -0.15) is 0 Å². The molecule has 0 aliphatic carbocycles. The fraction of sp³-hybridized carbons (Fsp3) is 0.258. The molecule has 2 atom stereocenters. The van der Waals surface area contributed by atoms with Crippen LogP contribution in [0.15, 0.2) is 54.1 Å². The van der Waals surface area contributed by atoms with Crippen molar-refractivity contribution in [1.82, 2.24) is 4.98 Å². The van der Waals surface area contributed by atoms with Crippen molar-refractivity contribution in [2.75, 3.05) is 19.1 Å². The van der Waals surface area contributed by atoms with Gasteiger partial charge in [-0.05, 0) is 79.4 Å². The summed E-state index contributed by atoms with van der Waals surface area (Å²) in [5, 5.41) is 12.0. The number of hydrogen-bond donors (Lipinski definition) is 1. The van der Waals surface area contributed by atoms with Crippen LogP contribution >= 0.6 is 11.3 Å². The summed E-state index contributed by atoms with van der Waals surface area (Å²) >= 11 is 1.34. The Kier molecular flexibility index (Phi) is 6.26. The number of hydrogen-bond acceptors (Lipinski definition) is 8. The molecule has 3 heterocycles. The first kappa shape index (κ1) is 25.9. The third-order valence-electron chi connectivity index (χ3n) is 7.36. The number of Topliss-reactive ketones (excluding diaryl/α,β-unsaturated/α-hetero) is 1. The summed E-state index contributed by atoms with van der Waals surface area (Å²) < 4.78 is 17.7. The first-order valence-corrected chi connectivity index (χ1v) is 13.7. The maximum atomic E-state index is 13.7. The number of aryl methyl sites for hydroxylation is 2. The molecule has 3 aromatic carbocycles. The van der Waals surface area contributed by atoms with Crippen LogP contribution in [0.1, 0.15) is 40.8 Å². The first-order valence-electron chi connectivity index (χ1n) is 12.9. The van der Waals surface area contributed by atoms with Gasteiger partial charge >= 0.3 is 5.91 Å². The molecule has 2 aliphatic heterocycles. The molecule has 4 aromatic rings. The molecule has 204 valence electrons. The maximum absolute atomic E-state index is 13.7. The van der Waals surface area contributed by atoms with Gasteiger partial charge in [0.25, 0.3) is 5.78 Å². The molecule has 1 saturated heterocycles. The van der Waals surface area contributed by atoms with E-state index in [1.165, 1.54) is 30.5 Å². The fourth-order valence-electron chi connectivity index (χ4n) is 5.55. The van der Waals surface area contributed by atoms with E-state index in [0.29, 0.717) is 34.2 Å². The Labute approximate surface area is 235 Å². The second-order valence-corrected chi connectivity index (χ2v) is 11.2. The number of fused-ring (bicyclic) bond motifs is 2. The summed E-state index contributed by atoms with van der Waals surface area (Å²) in [5.41, 5.74) is 4.76. The highest BCUT2D eigenvalue weighted by Crippen LogP contribution is 2.46.